The van der Waals surface area contributed by atoms with Gasteiger partial charge in [0.15, 0.2) is 0 Å². The van der Waals surface area contributed by atoms with E-state index in [9.17, 15) is 0 Å². The summed E-state index contributed by atoms with van der Waals surface area (Å²) >= 11 is 5.66. The van der Waals surface area contributed by atoms with E-state index in [-0.39, 0.29) is 0 Å². The molecule has 0 saturated carbocycles. The van der Waals surface area contributed by atoms with E-state index < -0.39 is 0 Å². The molecular formula is C5H9ClN2. The molecule has 1 aliphatic rings. The van der Waals surface area contributed by atoms with Crippen LogP contribution < -0.4 is 0 Å². The first-order valence-corrected chi connectivity index (χ1v) is 2.90. The third kappa shape index (κ3) is 0.757. The predicted octanol–water partition coefficient (Wildman–Crippen LogP) is 1.20. The highest BCUT2D eigenvalue weighted by Crippen LogP contribution is 2.14. The van der Waals surface area contributed by atoms with Gasteiger partial charge in [0.25, 0.3) is 0 Å². The van der Waals surface area contributed by atoms with Gasteiger partial charge in [0, 0.05) is 31.2 Å². The lowest BCUT2D eigenvalue weighted by Gasteiger charge is -2.19. The molecule has 0 radical (unpaired) electrons. The van der Waals surface area contributed by atoms with Crippen LogP contribution in [0.3, 0.4) is 0 Å². The van der Waals surface area contributed by atoms with E-state index in [4.69, 9.17) is 11.8 Å². The molecule has 46 valence electrons. The first-order chi connectivity index (χ1) is 3.72. The number of halogens is 1. The molecule has 3 heteroatoms. The summed E-state index contributed by atoms with van der Waals surface area (Å²) in [5.74, 6) is 0. The summed E-state index contributed by atoms with van der Waals surface area (Å²) in [6, 6.07) is 0. The lowest BCUT2D eigenvalue weighted by atomic mass is 10.6. The van der Waals surface area contributed by atoms with Crippen LogP contribution in [0.4, 0.5) is 0 Å². The fourth-order valence-electron chi connectivity index (χ4n) is 0.592. The van der Waals surface area contributed by atoms with Crippen LogP contribution in [0.15, 0.2) is 12.4 Å². The lowest BCUT2D eigenvalue weighted by molar-refractivity contribution is 0.281. The third-order valence-electron chi connectivity index (χ3n) is 1.39. The van der Waals surface area contributed by atoms with E-state index in [0.29, 0.717) is 6.17 Å². The highest BCUT2D eigenvalue weighted by Gasteiger charge is 2.15. The molecule has 1 rings (SSSR count). The van der Waals surface area contributed by atoms with Gasteiger partial charge in [-0.2, -0.15) is 0 Å². The van der Waals surface area contributed by atoms with E-state index in [1.54, 1.807) is 4.42 Å². The minimum Gasteiger partial charge on any atom is -0.358 e. The van der Waals surface area contributed by atoms with Crippen LogP contribution in [-0.2, 0) is 0 Å². The molecule has 0 amide bonds. The standard InChI is InChI=1S/C5H9ClN2/c1-5-7(2)3-4-8(5)6/h3-5H,1-2H3. The number of rotatable bonds is 0. The van der Waals surface area contributed by atoms with Gasteiger partial charge in [-0.1, -0.05) is 0 Å². The zero-order valence-corrected chi connectivity index (χ0v) is 5.76. The van der Waals surface area contributed by atoms with Gasteiger partial charge < -0.3 is 4.90 Å². The van der Waals surface area contributed by atoms with Crippen molar-refractivity contribution in [2.24, 2.45) is 0 Å². The Balaban J connectivity index is 2.55. The zero-order valence-electron chi connectivity index (χ0n) is 5.00. The average molecular weight is 133 g/mol. The van der Waals surface area contributed by atoms with Crippen LogP contribution in [0.2, 0.25) is 0 Å². The quantitative estimate of drug-likeness (QED) is 0.457. The Bertz CT molecular complexity index is 101. The van der Waals surface area contributed by atoms with Crippen LogP contribution in [0, 0.1) is 0 Å². The third-order valence-corrected chi connectivity index (χ3v) is 1.79. The maximum atomic E-state index is 5.66. The van der Waals surface area contributed by atoms with Gasteiger partial charge in [-0.15, -0.1) is 0 Å². The number of hydrogen-bond acceptors (Lipinski definition) is 2. The minimum absolute atomic E-state index is 0.302. The van der Waals surface area contributed by atoms with Crippen LogP contribution in [-0.4, -0.2) is 22.5 Å². The number of hydrogen-bond donors (Lipinski definition) is 0. The molecule has 0 aromatic rings. The normalized spacial score (nSPS) is 27.6. The maximum Gasteiger partial charge on any atom is 0.113 e. The Kier molecular flexibility index (Phi) is 1.34. The lowest BCUT2D eigenvalue weighted by Crippen LogP contribution is -2.27. The van der Waals surface area contributed by atoms with Crippen molar-refractivity contribution in [1.29, 1.82) is 0 Å². The summed E-state index contributed by atoms with van der Waals surface area (Å²) in [6.07, 6.45) is 4.08. The number of nitrogens with zero attached hydrogens (tertiary/aromatic N) is 2. The molecule has 8 heavy (non-hydrogen) atoms. The Hall–Kier alpha value is -0.370. The molecule has 0 fully saturated rings. The first-order valence-electron chi connectivity index (χ1n) is 2.56. The molecule has 1 atom stereocenters. The average Bonchev–Trinajstić information content (AvgIpc) is 1.98. The summed E-state index contributed by atoms with van der Waals surface area (Å²) in [5, 5.41) is 0. The van der Waals surface area contributed by atoms with Crippen molar-refractivity contribution in [2.75, 3.05) is 7.05 Å². The van der Waals surface area contributed by atoms with Gasteiger partial charge in [0.2, 0.25) is 0 Å². The second kappa shape index (κ2) is 1.86. The van der Waals surface area contributed by atoms with Gasteiger partial charge in [0.1, 0.15) is 6.17 Å². The largest absolute Gasteiger partial charge is 0.358 e. The van der Waals surface area contributed by atoms with E-state index in [1.807, 2.05) is 31.3 Å². The molecule has 0 saturated heterocycles. The van der Waals surface area contributed by atoms with Crippen molar-refractivity contribution >= 4 is 11.8 Å². The fraction of sp³-hybridized carbons (Fsp3) is 0.600. The van der Waals surface area contributed by atoms with Gasteiger partial charge in [0.05, 0.1) is 0 Å². The molecule has 0 N–H and O–H groups in total. The predicted molar refractivity (Wildman–Crippen MR) is 34.1 cm³/mol. The summed E-state index contributed by atoms with van der Waals surface area (Å²) in [4.78, 5) is 2.03. The van der Waals surface area contributed by atoms with Gasteiger partial charge in [-0.25, -0.2) is 0 Å². The molecule has 0 bridgehead atoms. The van der Waals surface area contributed by atoms with Crippen molar-refractivity contribution in [2.45, 2.75) is 13.1 Å². The van der Waals surface area contributed by atoms with Crippen molar-refractivity contribution in [1.82, 2.24) is 9.32 Å². The van der Waals surface area contributed by atoms with Crippen LogP contribution in [0.25, 0.3) is 0 Å². The van der Waals surface area contributed by atoms with E-state index in [0.717, 1.165) is 0 Å². The Morgan fingerprint density at radius 3 is 2.25 bits per heavy atom. The van der Waals surface area contributed by atoms with Crippen molar-refractivity contribution in [3.63, 3.8) is 0 Å². The minimum atomic E-state index is 0.302. The fourth-order valence-corrected chi connectivity index (χ4v) is 0.780. The first kappa shape index (κ1) is 5.76. The summed E-state index contributed by atoms with van der Waals surface area (Å²) in [6.45, 7) is 2.03. The molecule has 0 aliphatic carbocycles. The second-order valence-corrected chi connectivity index (χ2v) is 2.33. The topological polar surface area (TPSA) is 6.48 Å². The molecule has 1 aliphatic heterocycles. The highest BCUT2D eigenvalue weighted by atomic mass is 35.5. The van der Waals surface area contributed by atoms with Crippen molar-refractivity contribution < 1.29 is 0 Å². The van der Waals surface area contributed by atoms with Crippen LogP contribution in [0.1, 0.15) is 6.92 Å². The Morgan fingerprint density at radius 2 is 2.12 bits per heavy atom. The van der Waals surface area contributed by atoms with Crippen LogP contribution >= 0.6 is 11.8 Å². The Morgan fingerprint density at radius 1 is 1.50 bits per heavy atom. The molecule has 0 aromatic carbocycles. The van der Waals surface area contributed by atoms with E-state index in [2.05, 4.69) is 0 Å². The van der Waals surface area contributed by atoms with Gasteiger partial charge in [-0.3, -0.25) is 4.42 Å². The zero-order chi connectivity index (χ0) is 6.15. The van der Waals surface area contributed by atoms with Crippen molar-refractivity contribution in [3.05, 3.63) is 12.4 Å². The molecule has 0 spiro atoms. The highest BCUT2D eigenvalue weighted by molar-refractivity contribution is 6.14. The summed E-state index contributed by atoms with van der Waals surface area (Å²) in [5.41, 5.74) is 0. The monoisotopic (exact) mass is 132 g/mol. The van der Waals surface area contributed by atoms with Crippen LogP contribution in [0.5, 0.6) is 0 Å². The van der Waals surface area contributed by atoms with Gasteiger partial charge >= 0.3 is 0 Å². The van der Waals surface area contributed by atoms with E-state index >= 15 is 0 Å². The Labute approximate surface area is 54.4 Å². The second-order valence-electron chi connectivity index (χ2n) is 1.94. The maximum absolute atomic E-state index is 5.66. The smallest absolute Gasteiger partial charge is 0.113 e. The molecular weight excluding hydrogens is 124 g/mol. The molecule has 1 unspecified atom stereocenters. The molecule has 1 heterocycles. The summed E-state index contributed by atoms with van der Waals surface area (Å²) in [7, 11) is 1.99. The van der Waals surface area contributed by atoms with Crippen molar-refractivity contribution in [3.8, 4) is 0 Å². The van der Waals surface area contributed by atoms with E-state index in [1.165, 1.54) is 0 Å². The SMILES string of the molecule is CC1N(C)C=CN1Cl. The molecule has 2 nitrogen and oxygen atoms in total. The molecule has 0 aromatic heterocycles. The van der Waals surface area contributed by atoms with Gasteiger partial charge in [-0.05, 0) is 6.92 Å². The summed E-state index contributed by atoms with van der Waals surface area (Å²) < 4.78 is 1.64.